The van der Waals surface area contributed by atoms with Crippen LogP contribution in [0, 0.1) is 5.92 Å². The Morgan fingerprint density at radius 3 is 1.85 bits per heavy atom. The van der Waals surface area contributed by atoms with Gasteiger partial charge in [0.25, 0.3) is 0 Å². The van der Waals surface area contributed by atoms with Crippen LogP contribution < -0.4 is 0 Å². The smallest absolute Gasteiger partial charge is 0.306 e. The van der Waals surface area contributed by atoms with E-state index in [2.05, 4.69) is 31.2 Å². The summed E-state index contributed by atoms with van der Waals surface area (Å²) in [7, 11) is 0. The second kappa shape index (κ2) is 13.0. The number of carboxylic acids is 1. The molecular formula is C25H40O2. The molecule has 0 bridgehead atoms. The molecule has 0 unspecified atom stereocenters. The van der Waals surface area contributed by atoms with Gasteiger partial charge in [-0.1, -0.05) is 89.0 Å². The average molecular weight is 373 g/mol. The van der Waals surface area contributed by atoms with E-state index in [1.807, 2.05) is 0 Å². The van der Waals surface area contributed by atoms with E-state index in [1.54, 1.807) is 0 Å². The standard InChI is InChI=1S/C25H40O2/c1-2-3-4-5-6-7-8-9-10-11-12-21-13-15-22(16-14-21)23-17-19-24(20-18-23)25(26)27/h13-16,23-24H,2-12,17-20H2,1H3,(H,26,27). The molecule has 27 heavy (non-hydrogen) atoms. The Morgan fingerprint density at radius 1 is 0.815 bits per heavy atom. The third-order valence-corrected chi connectivity index (χ3v) is 6.35. The third kappa shape index (κ3) is 8.49. The lowest BCUT2D eigenvalue weighted by molar-refractivity contribution is -0.142. The van der Waals surface area contributed by atoms with Crippen LogP contribution in [-0.4, -0.2) is 11.1 Å². The summed E-state index contributed by atoms with van der Waals surface area (Å²) in [6, 6.07) is 9.17. The summed E-state index contributed by atoms with van der Waals surface area (Å²) in [6.45, 7) is 2.28. The highest BCUT2D eigenvalue weighted by atomic mass is 16.4. The second-order valence-corrected chi connectivity index (χ2v) is 8.56. The molecule has 1 fully saturated rings. The summed E-state index contributed by atoms with van der Waals surface area (Å²) in [6.07, 6.45) is 18.8. The van der Waals surface area contributed by atoms with Gasteiger partial charge in [-0.05, 0) is 55.6 Å². The van der Waals surface area contributed by atoms with Crippen molar-refractivity contribution in [3.05, 3.63) is 35.4 Å². The van der Waals surface area contributed by atoms with Crippen LogP contribution in [0.3, 0.4) is 0 Å². The fourth-order valence-corrected chi connectivity index (χ4v) is 4.45. The number of hydrogen-bond donors (Lipinski definition) is 1. The van der Waals surface area contributed by atoms with E-state index in [0.29, 0.717) is 5.92 Å². The Bertz CT molecular complexity index is 512. The van der Waals surface area contributed by atoms with Crippen molar-refractivity contribution in [1.82, 2.24) is 0 Å². The van der Waals surface area contributed by atoms with Crippen molar-refractivity contribution in [3.63, 3.8) is 0 Å². The zero-order valence-corrected chi connectivity index (χ0v) is 17.4. The van der Waals surface area contributed by atoms with Crippen LogP contribution in [0.4, 0.5) is 0 Å². The quantitative estimate of drug-likeness (QED) is 0.364. The first-order chi connectivity index (χ1) is 13.2. The van der Waals surface area contributed by atoms with Gasteiger partial charge in [-0.3, -0.25) is 4.79 Å². The van der Waals surface area contributed by atoms with E-state index in [1.165, 1.54) is 81.8 Å². The minimum absolute atomic E-state index is 0.114. The third-order valence-electron chi connectivity index (χ3n) is 6.35. The molecule has 2 nitrogen and oxygen atoms in total. The zero-order valence-electron chi connectivity index (χ0n) is 17.4. The van der Waals surface area contributed by atoms with Gasteiger partial charge in [0.1, 0.15) is 0 Å². The molecule has 1 saturated carbocycles. The molecule has 0 spiro atoms. The average Bonchev–Trinajstić information content (AvgIpc) is 2.70. The molecule has 0 heterocycles. The fourth-order valence-electron chi connectivity index (χ4n) is 4.45. The van der Waals surface area contributed by atoms with Crippen LogP contribution in [-0.2, 0) is 11.2 Å². The van der Waals surface area contributed by atoms with Crippen LogP contribution in [0.5, 0.6) is 0 Å². The molecular weight excluding hydrogens is 332 g/mol. The number of unbranched alkanes of at least 4 members (excludes halogenated alkanes) is 9. The van der Waals surface area contributed by atoms with Crippen molar-refractivity contribution in [3.8, 4) is 0 Å². The van der Waals surface area contributed by atoms with Crippen molar-refractivity contribution in [2.45, 2.75) is 109 Å². The molecule has 0 radical (unpaired) electrons. The number of aryl methyl sites for hydroxylation is 1. The van der Waals surface area contributed by atoms with Gasteiger partial charge in [0.2, 0.25) is 0 Å². The number of carboxylic acid groups (broad SMARTS) is 1. The normalized spacial score (nSPS) is 19.9. The molecule has 1 aromatic rings. The molecule has 1 N–H and O–H groups in total. The molecule has 0 atom stereocenters. The minimum Gasteiger partial charge on any atom is -0.481 e. The van der Waals surface area contributed by atoms with Gasteiger partial charge in [0.15, 0.2) is 0 Å². The second-order valence-electron chi connectivity index (χ2n) is 8.56. The Hall–Kier alpha value is -1.31. The number of carbonyl (C=O) groups is 1. The molecule has 0 aliphatic heterocycles. The van der Waals surface area contributed by atoms with Gasteiger partial charge >= 0.3 is 5.97 Å². The molecule has 1 aliphatic carbocycles. The SMILES string of the molecule is CCCCCCCCCCCCc1ccc(C2CCC(C(=O)O)CC2)cc1. The van der Waals surface area contributed by atoms with E-state index in [4.69, 9.17) is 5.11 Å². The van der Waals surface area contributed by atoms with Crippen LogP contribution >= 0.6 is 0 Å². The fraction of sp³-hybridized carbons (Fsp3) is 0.720. The van der Waals surface area contributed by atoms with Crippen molar-refractivity contribution >= 4 is 5.97 Å². The molecule has 1 aliphatic rings. The summed E-state index contributed by atoms with van der Waals surface area (Å²) in [5.41, 5.74) is 2.86. The largest absolute Gasteiger partial charge is 0.481 e. The van der Waals surface area contributed by atoms with Gasteiger partial charge < -0.3 is 5.11 Å². The predicted octanol–water partition coefficient (Wildman–Crippen LogP) is 7.51. The topological polar surface area (TPSA) is 37.3 Å². The maximum atomic E-state index is 11.1. The molecule has 0 saturated heterocycles. The monoisotopic (exact) mass is 372 g/mol. The highest BCUT2D eigenvalue weighted by molar-refractivity contribution is 5.70. The van der Waals surface area contributed by atoms with E-state index in [0.717, 1.165) is 25.7 Å². The highest BCUT2D eigenvalue weighted by Gasteiger charge is 2.26. The van der Waals surface area contributed by atoms with E-state index >= 15 is 0 Å². The Balaban J connectivity index is 1.55. The summed E-state index contributed by atoms with van der Waals surface area (Å²) >= 11 is 0. The van der Waals surface area contributed by atoms with Gasteiger partial charge in [-0.2, -0.15) is 0 Å². The molecule has 0 aromatic heterocycles. The Labute approximate surface area is 166 Å². The minimum atomic E-state index is -0.611. The first kappa shape index (κ1) is 22.0. The van der Waals surface area contributed by atoms with Crippen molar-refractivity contribution in [1.29, 1.82) is 0 Å². The number of aliphatic carboxylic acids is 1. The molecule has 0 amide bonds. The summed E-state index contributed by atoms with van der Waals surface area (Å²) in [5, 5.41) is 9.13. The van der Waals surface area contributed by atoms with Crippen molar-refractivity contribution < 1.29 is 9.90 Å². The van der Waals surface area contributed by atoms with Gasteiger partial charge in [-0.25, -0.2) is 0 Å². The zero-order chi connectivity index (χ0) is 19.3. The molecule has 2 heteroatoms. The maximum absolute atomic E-state index is 11.1. The molecule has 2 rings (SSSR count). The van der Waals surface area contributed by atoms with E-state index in [-0.39, 0.29) is 5.92 Å². The maximum Gasteiger partial charge on any atom is 0.306 e. The summed E-state index contributed by atoms with van der Waals surface area (Å²) < 4.78 is 0. The van der Waals surface area contributed by atoms with Crippen LogP contribution in [0.15, 0.2) is 24.3 Å². The first-order valence-electron chi connectivity index (χ1n) is 11.5. The van der Waals surface area contributed by atoms with E-state index < -0.39 is 5.97 Å². The van der Waals surface area contributed by atoms with Crippen LogP contribution in [0.1, 0.15) is 114 Å². The lowest BCUT2D eigenvalue weighted by Gasteiger charge is -2.26. The van der Waals surface area contributed by atoms with Gasteiger partial charge in [-0.15, -0.1) is 0 Å². The van der Waals surface area contributed by atoms with Crippen LogP contribution in [0.2, 0.25) is 0 Å². The summed E-state index contributed by atoms with van der Waals surface area (Å²) in [4.78, 5) is 11.1. The number of hydrogen-bond acceptors (Lipinski definition) is 1. The van der Waals surface area contributed by atoms with Crippen LogP contribution in [0.25, 0.3) is 0 Å². The molecule has 152 valence electrons. The number of benzene rings is 1. The van der Waals surface area contributed by atoms with Gasteiger partial charge in [0, 0.05) is 0 Å². The van der Waals surface area contributed by atoms with Crippen molar-refractivity contribution in [2.75, 3.05) is 0 Å². The highest BCUT2D eigenvalue weighted by Crippen LogP contribution is 2.35. The predicted molar refractivity (Wildman–Crippen MR) is 114 cm³/mol. The number of rotatable bonds is 13. The first-order valence-corrected chi connectivity index (χ1v) is 11.5. The van der Waals surface area contributed by atoms with Gasteiger partial charge in [0.05, 0.1) is 5.92 Å². The Kier molecular flexibility index (Phi) is 10.6. The Morgan fingerprint density at radius 2 is 1.33 bits per heavy atom. The lowest BCUT2D eigenvalue weighted by Crippen LogP contribution is -2.20. The summed E-state index contributed by atoms with van der Waals surface area (Å²) in [5.74, 6) is -0.163. The lowest BCUT2D eigenvalue weighted by atomic mass is 9.78. The molecule has 1 aromatic carbocycles. The van der Waals surface area contributed by atoms with Crippen molar-refractivity contribution in [2.24, 2.45) is 5.92 Å². The van der Waals surface area contributed by atoms with E-state index in [9.17, 15) is 4.79 Å².